The highest BCUT2D eigenvalue weighted by atomic mass is 32.1. The number of hydrogen-bond donors (Lipinski definition) is 2. The molecule has 1 atom stereocenters. The number of aromatic nitrogens is 1. The minimum atomic E-state index is -0.161. The van der Waals surface area contributed by atoms with Crippen LogP contribution < -0.4 is 10.6 Å². The van der Waals surface area contributed by atoms with Gasteiger partial charge in [0.15, 0.2) is 0 Å². The van der Waals surface area contributed by atoms with Crippen LogP contribution in [0.2, 0.25) is 0 Å². The summed E-state index contributed by atoms with van der Waals surface area (Å²) < 4.78 is 0. The van der Waals surface area contributed by atoms with Gasteiger partial charge in [0.05, 0.1) is 5.92 Å². The number of piperidine rings is 1. The van der Waals surface area contributed by atoms with Crippen LogP contribution >= 0.6 is 11.3 Å². The molecule has 108 valence electrons. The highest BCUT2D eigenvalue weighted by Crippen LogP contribution is 2.25. The summed E-state index contributed by atoms with van der Waals surface area (Å²) in [6, 6.07) is 7.64. The monoisotopic (exact) mass is 301 g/mol. The molecule has 0 saturated carbocycles. The summed E-state index contributed by atoms with van der Waals surface area (Å²) in [7, 11) is 0. The van der Waals surface area contributed by atoms with Gasteiger partial charge in [-0.2, -0.15) is 0 Å². The van der Waals surface area contributed by atoms with Gasteiger partial charge in [0.25, 0.3) is 0 Å². The fourth-order valence-corrected chi connectivity index (χ4v) is 2.93. The Balaban J connectivity index is 1.69. The molecule has 1 aromatic carbocycles. The molecule has 6 heteroatoms. The van der Waals surface area contributed by atoms with Gasteiger partial charge in [0.1, 0.15) is 5.01 Å². The van der Waals surface area contributed by atoms with Crippen molar-refractivity contribution in [3.8, 4) is 10.6 Å². The zero-order chi connectivity index (χ0) is 14.7. The van der Waals surface area contributed by atoms with E-state index in [0.29, 0.717) is 19.4 Å². The van der Waals surface area contributed by atoms with E-state index >= 15 is 0 Å². The van der Waals surface area contributed by atoms with Crippen molar-refractivity contribution in [1.29, 1.82) is 0 Å². The number of anilines is 1. The van der Waals surface area contributed by atoms with Crippen LogP contribution in [0.25, 0.3) is 10.6 Å². The summed E-state index contributed by atoms with van der Waals surface area (Å²) in [5, 5.41) is 8.49. The van der Waals surface area contributed by atoms with E-state index in [1.165, 1.54) is 0 Å². The summed E-state index contributed by atoms with van der Waals surface area (Å²) in [5.74, 6) is -0.192. The molecule has 0 spiro atoms. The van der Waals surface area contributed by atoms with Crippen LogP contribution in [0.15, 0.2) is 35.8 Å². The maximum absolute atomic E-state index is 12.2. The van der Waals surface area contributed by atoms with Gasteiger partial charge in [-0.25, -0.2) is 4.98 Å². The molecular weight excluding hydrogens is 286 g/mol. The van der Waals surface area contributed by atoms with E-state index in [2.05, 4.69) is 15.6 Å². The average molecular weight is 301 g/mol. The van der Waals surface area contributed by atoms with E-state index in [1.54, 1.807) is 17.5 Å². The number of benzene rings is 1. The van der Waals surface area contributed by atoms with E-state index in [-0.39, 0.29) is 17.7 Å². The molecule has 1 fully saturated rings. The fourth-order valence-electron chi connectivity index (χ4n) is 2.30. The Bertz CT molecular complexity index is 645. The minimum Gasteiger partial charge on any atom is -0.355 e. The minimum absolute atomic E-state index is 0.0183. The van der Waals surface area contributed by atoms with Crippen LogP contribution in [0.4, 0.5) is 5.69 Å². The van der Waals surface area contributed by atoms with Crippen molar-refractivity contribution in [2.24, 2.45) is 5.92 Å². The molecule has 21 heavy (non-hydrogen) atoms. The Morgan fingerprint density at radius 1 is 1.43 bits per heavy atom. The molecule has 1 aromatic heterocycles. The first kappa shape index (κ1) is 13.8. The van der Waals surface area contributed by atoms with Gasteiger partial charge < -0.3 is 10.6 Å². The maximum Gasteiger partial charge on any atom is 0.229 e. The number of carbonyl (C=O) groups excluding carboxylic acids is 2. The molecule has 0 radical (unpaired) electrons. The fraction of sp³-hybridized carbons (Fsp3) is 0.267. The topological polar surface area (TPSA) is 71.1 Å². The molecule has 2 N–H and O–H groups in total. The van der Waals surface area contributed by atoms with E-state index in [9.17, 15) is 9.59 Å². The van der Waals surface area contributed by atoms with Crippen molar-refractivity contribution in [2.45, 2.75) is 12.8 Å². The first-order chi connectivity index (χ1) is 10.2. The zero-order valence-corrected chi connectivity index (χ0v) is 12.2. The lowest BCUT2D eigenvalue weighted by atomic mass is 9.98. The molecule has 2 amide bonds. The highest BCUT2D eigenvalue weighted by molar-refractivity contribution is 7.13. The summed E-state index contributed by atoms with van der Waals surface area (Å²) in [6.45, 7) is 0.414. The lowest BCUT2D eigenvalue weighted by Gasteiger charge is -2.21. The Morgan fingerprint density at radius 2 is 2.33 bits per heavy atom. The van der Waals surface area contributed by atoms with Crippen LogP contribution in [0.5, 0.6) is 0 Å². The molecule has 0 bridgehead atoms. The molecular formula is C15H15N3O2S. The first-order valence-electron chi connectivity index (χ1n) is 6.80. The van der Waals surface area contributed by atoms with Crippen molar-refractivity contribution < 1.29 is 9.59 Å². The Hall–Kier alpha value is -2.21. The normalized spacial score (nSPS) is 18.1. The van der Waals surface area contributed by atoms with Crippen molar-refractivity contribution in [2.75, 3.05) is 11.9 Å². The van der Waals surface area contributed by atoms with Crippen molar-refractivity contribution >= 4 is 28.8 Å². The second-order valence-corrected chi connectivity index (χ2v) is 5.84. The summed E-state index contributed by atoms with van der Waals surface area (Å²) in [4.78, 5) is 27.6. The highest BCUT2D eigenvalue weighted by Gasteiger charge is 2.24. The summed E-state index contributed by atoms with van der Waals surface area (Å²) >= 11 is 1.56. The number of nitrogens with one attached hydrogen (secondary N) is 2. The lowest BCUT2D eigenvalue weighted by molar-refractivity contribution is -0.126. The number of amides is 2. The molecule has 2 heterocycles. The summed E-state index contributed by atoms with van der Waals surface area (Å²) in [6.07, 6.45) is 2.77. The van der Waals surface area contributed by atoms with Gasteiger partial charge in [0.2, 0.25) is 11.8 Å². The van der Waals surface area contributed by atoms with Gasteiger partial charge in [-0.1, -0.05) is 12.1 Å². The third-order valence-electron chi connectivity index (χ3n) is 3.45. The van der Waals surface area contributed by atoms with Gasteiger partial charge in [0, 0.05) is 35.8 Å². The number of rotatable bonds is 3. The third kappa shape index (κ3) is 3.28. The predicted octanol–water partition coefficient (Wildman–Crippen LogP) is 2.27. The van der Waals surface area contributed by atoms with E-state index < -0.39 is 0 Å². The number of nitrogens with zero attached hydrogens (tertiary/aromatic N) is 1. The van der Waals surface area contributed by atoms with Crippen molar-refractivity contribution in [3.63, 3.8) is 0 Å². The van der Waals surface area contributed by atoms with Crippen molar-refractivity contribution in [1.82, 2.24) is 10.3 Å². The largest absolute Gasteiger partial charge is 0.355 e. The summed E-state index contributed by atoms with van der Waals surface area (Å²) in [5.41, 5.74) is 1.74. The number of carbonyl (C=O) groups is 2. The second kappa shape index (κ2) is 6.05. The van der Waals surface area contributed by atoms with Crippen LogP contribution in [-0.2, 0) is 9.59 Å². The average Bonchev–Trinajstić information content (AvgIpc) is 3.02. The second-order valence-electron chi connectivity index (χ2n) is 4.95. The van der Waals surface area contributed by atoms with Gasteiger partial charge >= 0.3 is 0 Å². The zero-order valence-electron chi connectivity index (χ0n) is 11.3. The molecule has 3 rings (SSSR count). The quantitative estimate of drug-likeness (QED) is 0.913. The van der Waals surface area contributed by atoms with E-state index in [1.807, 2.05) is 29.6 Å². The SMILES string of the molecule is O=C1CCC(C(=O)Nc2cccc(-c3nccs3)c2)CN1. The Labute approximate surface area is 126 Å². The number of hydrogen-bond acceptors (Lipinski definition) is 4. The standard InChI is InChI=1S/C15H15N3O2S/c19-13-5-4-11(9-17-13)14(20)18-12-3-1-2-10(8-12)15-16-6-7-21-15/h1-3,6-8,11H,4-5,9H2,(H,17,19)(H,18,20). The molecule has 1 aliphatic rings. The molecule has 2 aromatic rings. The molecule has 1 saturated heterocycles. The van der Waals surface area contributed by atoms with Crippen molar-refractivity contribution in [3.05, 3.63) is 35.8 Å². The van der Waals surface area contributed by atoms with E-state index in [0.717, 1.165) is 16.3 Å². The van der Waals surface area contributed by atoms with Gasteiger partial charge in [-0.15, -0.1) is 11.3 Å². The Kier molecular flexibility index (Phi) is 3.96. The van der Waals surface area contributed by atoms with E-state index in [4.69, 9.17) is 0 Å². The number of thiazole rings is 1. The smallest absolute Gasteiger partial charge is 0.229 e. The molecule has 1 unspecified atom stereocenters. The van der Waals surface area contributed by atoms with Gasteiger partial charge in [-0.3, -0.25) is 9.59 Å². The molecule has 0 aliphatic carbocycles. The van der Waals surface area contributed by atoms with Crippen LogP contribution in [-0.4, -0.2) is 23.3 Å². The lowest BCUT2D eigenvalue weighted by Crippen LogP contribution is -2.40. The third-order valence-corrected chi connectivity index (χ3v) is 4.27. The first-order valence-corrected chi connectivity index (χ1v) is 7.68. The maximum atomic E-state index is 12.2. The molecule has 5 nitrogen and oxygen atoms in total. The van der Waals surface area contributed by atoms with Gasteiger partial charge in [-0.05, 0) is 18.6 Å². The predicted molar refractivity (Wildman–Crippen MR) is 81.9 cm³/mol. The van der Waals surface area contributed by atoms with Crippen LogP contribution in [0, 0.1) is 5.92 Å². The Morgan fingerprint density at radius 3 is 3.05 bits per heavy atom. The van der Waals surface area contributed by atoms with Crippen LogP contribution in [0.1, 0.15) is 12.8 Å². The van der Waals surface area contributed by atoms with Crippen LogP contribution in [0.3, 0.4) is 0 Å². The molecule has 1 aliphatic heterocycles.